The second-order valence-electron chi connectivity index (χ2n) is 2.05. The molecule has 0 fully saturated rings. The maximum absolute atomic E-state index is 5.46. The lowest BCUT2D eigenvalue weighted by atomic mass is 10.5. The van der Waals surface area contributed by atoms with Crippen LogP contribution in [0.5, 0.6) is 0 Å². The number of nitrogens with zero attached hydrogens (tertiary/aromatic N) is 3. The van der Waals surface area contributed by atoms with Gasteiger partial charge >= 0.3 is 0 Å². The lowest BCUT2D eigenvalue weighted by molar-refractivity contribution is 0.751. The average molecular weight is 153 g/mol. The molecule has 0 aromatic carbocycles. The van der Waals surface area contributed by atoms with Crippen LogP contribution >= 0.6 is 0 Å². The number of imidazole rings is 1. The van der Waals surface area contributed by atoms with Crippen molar-refractivity contribution in [2.24, 2.45) is 16.7 Å². The Balaban J connectivity index is 3.02. The van der Waals surface area contributed by atoms with E-state index in [9.17, 15) is 0 Å². The minimum absolute atomic E-state index is 0.261. The van der Waals surface area contributed by atoms with Crippen LogP contribution in [0.3, 0.4) is 0 Å². The van der Waals surface area contributed by atoms with E-state index < -0.39 is 0 Å². The molecule has 0 aliphatic carbocycles. The van der Waals surface area contributed by atoms with Crippen molar-refractivity contribution in [3.05, 3.63) is 18.2 Å². The van der Waals surface area contributed by atoms with E-state index >= 15 is 0 Å². The van der Waals surface area contributed by atoms with Crippen molar-refractivity contribution in [2.75, 3.05) is 0 Å². The van der Waals surface area contributed by atoms with E-state index in [1.807, 2.05) is 17.7 Å². The van der Waals surface area contributed by atoms with Crippen LogP contribution in [-0.2, 0) is 6.54 Å². The monoisotopic (exact) mass is 153 g/mol. The highest BCUT2D eigenvalue weighted by Crippen LogP contribution is 1.95. The number of amidine groups is 1. The van der Waals surface area contributed by atoms with Gasteiger partial charge in [-0.2, -0.15) is 5.10 Å². The first-order chi connectivity index (χ1) is 5.29. The van der Waals surface area contributed by atoms with Gasteiger partial charge in [-0.15, -0.1) is 0 Å². The van der Waals surface area contributed by atoms with Gasteiger partial charge in [0.1, 0.15) is 0 Å². The SMILES string of the molecule is CCn1ccnc1/C(N)=N/N. The Kier molecular flexibility index (Phi) is 2.10. The molecule has 0 saturated carbocycles. The number of nitrogens with two attached hydrogens (primary N) is 2. The molecular weight excluding hydrogens is 142 g/mol. The Morgan fingerprint density at radius 3 is 3.09 bits per heavy atom. The Bertz CT molecular complexity index is 262. The predicted molar refractivity (Wildman–Crippen MR) is 42.8 cm³/mol. The fraction of sp³-hybridized carbons (Fsp3) is 0.333. The molecule has 0 bridgehead atoms. The summed E-state index contributed by atoms with van der Waals surface area (Å²) in [6.07, 6.45) is 3.49. The van der Waals surface area contributed by atoms with Crippen molar-refractivity contribution in [2.45, 2.75) is 13.5 Å². The summed E-state index contributed by atoms with van der Waals surface area (Å²) in [4.78, 5) is 3.98. The topological polar surface area (TPSA) is 82.2 Å². The second-order valence-corrected chi connectivity index (χ2v) is 2.05. The van der Waals surface area contributed by atoms with E-state index in [0.717, 1.165) is 6.54 Å². The van der Waals surface area contributed by atoms with Gasteiger partial charge in [0, 0.05) is 18.9 Å². The zero-order valence-corrected chi connectivity index (χ0v) is 6.36. The summed E-state index contributed by atoms with van der Waals surface area (Å²) in [5.41, 5.74) is 5.46. The molecule has 60 valence electrons. The lowest BCUT2D eigenvalue weighted by Gasteiger charge is -2.01. The molecule has 0 unspecified atom stereocenters. The van der Waals surface area contributed by atoms with Crippen molar-refractivity contribution in [1.82, 2.24) is 9.55 Å². The number of hydrazone groups is 1. The third-order valence-electron chi connectivity index (χ3n) is 1.42. The molecule has 4 N–H and O–H groups in total. The molecule has 0 atom stereocenters. The zero-order valence-electron chi connectivity index (χ0n) is 6.36. The fourth-order valence-electron chi connectivity index (χ4n) is 0.855. The Labute approximate surface area is 64.7 Å². The van der Waals surface area contributed by atoms with Gasteiger partial charge in [0.25, 0.3) is 0 Å². The van der Waals surface area contributed by atoms with Gasteiger partial charge in [-0.05, 0) is 6.92 Å². The molecule has 0 amide bonds. The van der Waals surface area contributed by atoms with Gasteiger partial charge in [-0.3, -0.25) is 0 Å². The Morgan fingerprint density at radius 1 is 1.82 bits per heavy atom. The van der Waals surface area contributed by atoms with Crippen LogP contribution in [-0.4, -0.2) is 15.4 Å². The zero-order chi connectivity index (χ0) is 8.27. The summed E-state index contributed by atoms with van der Waals surface area (Å²) in [6.45, 7) is 2.81. The molecule has 0 saturated heterocycles. The van der Waals surface area contributed by atoms with Crippen LogP contribution in [0.2, 0.25) is 0 Å². The molecule has 0 radical (unpaired) electrons. The van der Waals surface area contributed by atoms with E-state index in [0.29, 0.717) is 5.82 Å². The van der Waals surface area contributed by atoms with Gasteiger partial charge in [0.15, 0.2) is 11.7 Å². The van der Waals surface area contributed by atoms with E-state index in [4.69, 9.17) is 11.6 Å². The summed E-state index contributed by atoms with van der Waals surface area (Å²) in [5.74, 6) is 5.88. The number of aromatic nitrogens is 2. The summed E-state index contributed by atoms with van der Waals surface area (Å²) >= 11 is 0. The van der Waals surface area contributed by atoms with Crippen LogP contribution in [0.15, 0.2) is 17.5 Å². The highest BCUT2D eigenvalue weighted by atomic mass is 15.2. The second kappa shape index (κ2) is 3.05. The third kappa shape index (κ3) is 1.31. The van der Waals surface area contributed by atoms with Gasteiger partial charge in [-0.1, -0.05) is 0 Å². The van der Waals surface area contributed by atoms with E-state index in [1.54, 1.807) is 6.20 Å². The Hall–Kier alpha value is -1.52. The van der Waals surface area contributed by atoms with Crippen molar-refractivity contribution in [1.29, 1.82) is 0 Å². The Morgan fingerprint density at radius 2 is 2.55 bits per heavy atom. The van der Waals surface area contributed by atoms with E-state index in [1.165, 1.54) is 0 Å². The minimum Gasteiger partial charge on any atom is -0.379 e. The highest BCUT2D eigenvalue weighted by Gasteiger charge is 2.03. The fourth-order valence-corrected chi connectivity index (χ4v) is 0.855. The minimum atomic E-state index is 0.261. The van der Waals surface area contributed by atoms with E-state index in [-0.39, 0.29) is 5.84 Å². The van der Waals surface area contributed by atoms with Crippen LogP contribution in [0.25, 0.3) is 0 Å². The molecule has 11 heavy (non-hydrogen) atoms. The van der Waals surface area contributed by atoms with Crippen molar-refractivity contribution < 1.29 is 0 Å². The number of aryl methyl sites for hydroxylation is 1. The van der Waals surface area contributed by atoms with Crippen LogP contribution in [0.4, 0.5) is 0 Å². The largest absolute Gasteiger partial charge is 0.379 e. The number of hydrogen-bond acceptors (Lipinski definition) is 3. The number of hydrogen-bond donors (Lipinski definition) is 2. The van der Waals surface area contributed by atoms with E-state index in [2.05, 4.69) is 10.1 Å². The number of rotatable bonds is 2. The van der Waals surface area contributed by atoms with Crippen molar-refractivity contribution in [3.63, 3.8) is 0 Å². The predicted octanol–water partition coefficient (Wildman–Crippen LogP) is -0.518. The van der Waals surface area contributed by atoms with Crippen LogP contribution in [0, 0.1) is 0 Å². The molecule has 1 aromatic heterocycles. The summed E-state index contributed by atoms with van der Waals surface area (Å²) in [5, 5.41) is 3.35. The molecule has 5 nitrogen and oxygen atoms in total. The molecule has 0 spiro atoms. The first-order valence-corrected chi connectivity index (χ1v) is 3.34. The summed E-state index contributed by atoms with van der Waals surface area (Å²) in [7, 11) is 0. The molecule has 5 heteroatoms. The van der Waals surface area contributed by atoms with Gasteiger partial charge in [0.05, 0.1) is 0 Å². The molecule has 1 rings (SSSR count). The maximum atomic E-state index is 5.46. The molecule has 0 aliphatic heterocycles. The molecular formula is C6H11N5. The molecule has 1 aromatic rings. The third-order valence-corrected chi connectivity index (χ3v) is 1.42. The smallest absolute Gasteiger partial charge is 0.186 e. The quantitative estimate of drug-likeness (QED) is 0.259. The van der Waals surface area contributed by atoms with Crippen LogP contribution < -0.4 is 11.6 Å². The highest BCUT2D eigenvalue weighted by molar-refractivity contribution is 5.93. The van der Waals surface area contributed by atoms with Crippen molar-refractivity contribution in [3.8, 4) is 0 Å². The lowest BCUT2D eigenvalue weighted by Crippen LogP contribution is -2.20. The summed E-state index contributed by atoms with van der Waals surface area (Å²) < 4.78 is 1.87. The van der Waals surface area contributed by atoms with Gasteiger partial charge < -0.3 is 16.1 Å². The maximum Gasteiger partial charge on any atom is 0.186 e. The summed E-state index contributed by atoms with van der Waals surface area (Å²) in [6, 6.07) is 0. The standard InChI is InChI=1S/C6H11N5/c1-2-11-4-3-9-6(11)5(7)10-8/h3-4H,2,8H2,1H3,(H2,7,10). The first-order valence-electron chi connectivity index (χ1n) is 3.34. The van der Waals surface area contributed by atoms with Crippen molar-refractivity contribution >= 4 is 5.84 Å². The van der Waals surface area contributed by atoms with Gasteiger partial charge in [-0.25, -0.2) is 4.98 Å². The molecule has 1 heterocycles. The van der Waals surface area contributed by atoms with Crippen LogP contribution in [0.1, 0.15) is 12.7 Å². The van der Waals surface area contributed by atoms with Gasteiger partial charge in [0.2, 0.25) is 0 Å². The molecule has 0 aliphatic rings. The normalized spacial score (nSPS) is 11.9. The first kappa shape index (κ1) is 7.59. The average Bonchev–Trinajstić information content (AvgIpc) is 2.50.